The molecule has 0 aliphatic carbocycles. The van der Waals surface area contributed by atoms with E-state index in [1.165, 1.54) is 18.2 Å². The smallest absolute Gasteiger partial charge is 0.266 e. The Morgan fingerprint density at radius 2 is 1.84 bits per heavy atom. The van der Waals surface area contributed by atoms with Gasteiger partial charge in [0.05, 0.1) is 28.5 Å². The SMILES string of the molecule is CC(NC(=O)c1cn([C@@H]2CCOC(C)(C)C2)c(=O)cc1NC1CCN(C)CC1)c1cccc(C(F)F)c1F. The number of amides is 1. The first kappa shape index (κ1) is 28.2. The van der Waals surface area contributed by atoms with Crippen LogP contribution < -0.4 is 16.2 Å². The zero-order chi connectivity index (χ0) is 27.6. The number of carbonyl (C=O) groups excluding carboxylic acids is 1. The molecule has 2 aliphatic heterocycles. The number of piperidine rings is 1. The Labute approximate surface area is 221 Å². The Kier molecular flexibility index (Phi) is 8.52. The number of halogens is 3. The van der Waals surface area contributed by atoms with Crippen molar-refractivity contribution in [2.45, 2.75) is 76.6 Å². The molecule has 2 saturated heterocycles. The quantitative estimate of drug-likeness (QED) is 0.520. The van der Waals surface area contributed by atoms with Crippen molar-refractivity contribution in [1.29, 1.82) is 0 Å². The number of rotatable bonds is 7. The lowest BCUT2D eigenvalue weighted by Crippen LogP contribution is -2.40. The van der Waals surface area contributed by atoms with E-state index in [9.17, 15) is 22.8 Å². The van der Waals surface area contributed by atoms with Crippen molar-refractivity contribution < 1.29 is 22.7 Å². The van der Waals surface area contributed by atoms with Gasteiger partial charge < -0.3 is 24.8 Å². The van der Waals surface area contributed by atoms with Crippen LogP contribution in [0.2, 0.25) is 0 Å². The van der Waals surface area contributed by atoms with Gasteiger partial charge in [0.1, 0.15) is 5.82 Å². The molecule has 10 heteroatoms. The number of carbonyl (C=O) groups is 1. The third kappa shape index (κ3) is 6.40. The van der Waals surface area contributed by atoms with Gasteiger partial charge in [0.2, 0.25) is 0 Å². The van der Waals surface area contributed by atoms with Gasteiger partial charge in [-0.1, -0.05) is 18.2 Å². The van der Waals surface area contributed by atoms with Crippen molar-refractivity contribution in [2.75, 3.05) is 32.1 Å². The van der Waals surface area contributed by atoms with Crippen molar-refractivity contribution in [2.24, 2.45) is 0 Å². The van der Waals surface area contributed by atoms with Gasteiger partial charge in [-0.3, -0.25) is 9.59 Å². The van der Waals surface area contributed by atoms with E-state index in [0.29, 0.717) is 25.1 Å². The molecule has 0 bridgehead atoms. The molecular formula is C28H37F3N4O3. The number of ether oxygens (including phenoxy) is 1. The average molecular weight is 535 g/mol. The topological polar surface area (TPSA) is 75.6 Å². The first-order chi connectivity index (χ1) is 17.9. The number of anilines is 1. The Bertz CT molecular complexity index is 1210. The molecule has 7 nitrogen and oxygen atoms in total. The van der Waals surface area contributed by atoms with Crippen LogP contribution in [0.25, 0.3) is 0 Å². The van der Waals surface area contributed by atoms with Crippen molar-refractivity contribution in [3.05, 3.63) is 63.3 Å². The van der Waals surface area contributed by atoms with E-state index >= 15 is 0 Å². The van der Waals surface area contributed by atoms with Crippen LogP contribution in [0.4, 0.5) is 18.9 Å². The highest BCUT2D eigenvalue weighted by Crippen LogP contribution is 2.32. The van der Waals surface area contributed by atoms with E-state index < -0.39 is 35.4 Å². The summed E-state index contributed by atoms with van der Waals surface area (Å²) in [6.45, 7) is 7.77. The summed E-state index contributed by atoms with van der Waals surface area (Å²) in [7, 11) is 2.05. The number of likely N-dealkylation sites (tertiary alicyclic amines) is 1. The number of nitrogens with one attached hydrogen (secondary N) is 2. The molecule has 0 radical (unpaired) electrons. The van der Waals surface area contributed by atoms with E-state index in [-0.39, 0.29) is 28.8 Å². The number of pyridine rings is 1. The molecule has 3 heterocycles. The van der Waals surface area contributed by atoms with Crippen LogP contribution in [-0.4, -0.2) is 53.8 Å². The molecule has 2 fully saturated rings. The Morgan fingerprint density at radius 1 is 1.16 bits per heavy atom. The predicted molar refractivity (Wildman–Crippen MR) is 140 cm³/mol. The summed E-state index contributed by atoms with van der Waals surface area (Å²) in [5.41, 5.74) is -0.686. The Balaban J connectivity index is 1.66. The fraction of sp³-hybridized carbons (Fsp3) is 0.571. The van der Waals surface area contributed by atoms with Crippen LogP contribution >= 0.6 is 0 Å². The van der Waals surface area contributed by atoms with E-state index in [1.54, 1.807) is 17.7 Å². The van der Waals surface area contributed by atoms with E-state index in [4.69, 9.17) is 4.74 Å². The molecule has 0 saturated carbocycles. The Morgan fingerprint density at radius 3 is 2.50 bits per heavy atom. The number of hydrogen-bond donors (Lipinski definition) is 2. The summed E-state index contributed by atoms with van der Waals surface area (Å²) >= 11 is 0. The number of aromatic nitrogens is 1. The van der Waals surface area contributed by atoms with Crippen LogP contribution in [0.3, 0.4) is 0 Å². The molecule has 2 aliphatic rings. The second-order valence-electron chi connectivity index (χ2n) is 11.1. The molecule has 1 amide bonds. The molecule has 1 aromatic carbocycles. The number of nitrogens with zero attached hydrogens (tertiary/aromatic N) is 2. The molecule has 2 aromatic rings. The third-order valence-electron chi connectivity index (χ3n) is 7.58. The van der Waals surface area contributed by atoms with Crippen molar-refractivity contribution in [3.63, 3.8) is 0 Å². The first-order valence-corrected chi connectivity index (χ1v) is 13.2. The molecule has 2 N–H and O–H groups in total. The van der Waals surface area contributed by atoms with Gasteiger partial charge >= 0.3 is 0 Å². The zero-order valence-corrected chi connectivity index (χ0v) is 22.4. The summed E-state index contributed by atoms with van der Waals surface area (Å²) in [5, 5.41) is 6.15. The maximum atomic E-state index is 14.8. The monoisotopic (exact) mass is 534 g/mol. The van der Waals surface area contributed by atoms with Crippen LogP contribution in [0, 0.1) is 5.82 Å². The molecule has 1 aromatic heterocycles. The molecule has 1 unspecified atom stereocenters. The van der Waals surface area contributed by atoms with Gasteiger partial charge in [-0.05, 0) is 66.6 Å². The fourth-order valence-electron chi connectivity index (χ4n) is 5.37. The first-order valence-electron chi connectivity index (χ1n) is 13.2. The molecular weight excluding hydrogens is 497 g/mol. The second-order valence-corrected chi connectivity index (χ2v) is 11.1. The fourth-order valence-corrected chi connectivity index (χ4v) is 5.37. The molecule has 2 atom stereocenters. The highest BCUT2D eigenvalue weighted by molar-refractivity contribution is 5.99. The third-order valence-corrected chi connectivity index (χ3v) is 7.58. The van der Waals surface area contributed by atoms with Gasteiger partial charge in [0, 0.05) is 36.5 Å². The van der Waals surface area contributed by atoms with Crippen molar-refractivity contribution in [1.82, 2.24) is 14.8 Å². The minimum absolute atomic E-state index is 0.0273. The van der Waals surface area contributed by atoms with E-state index in [1.807, 2.05) is 13.8 Å². The summed E-state index contributed by atoms with van der Waals surface area (Å²) < 4.78 is 48.6. The number of hydrogen-bond acceptors (Lipinski definition) is 5. The number of benzene rings is 1. The minimum atomic E-state index is -2.96. The normalized spacial score (nSPS) is 21.3. The summed E-state index contributed by atoms with van der Waals surface area (Å²) in [5.74, 6) is -1.55. The van der Waals surface area contributed by atoms with E-state index in [0.717, 1.165) is 32.0 Å². The lowest BCUT2D eigenvalue weighted by atomic mass is 9.93. The molecule has 208 valence electrons. The minimum Gasteiger partial charge on any atom is -0.381 e. The highest BCUT2D eigenvalue weighted by atomic mass is 19.3. The molecule has 38 heavy (non-hydrogen) atoms. The van der Waals surface area contributed by atoms with E-state index in [2.05, 4.69) is 22.6 Å². The van der Waals surface area contributed by atoms with Gasteiger partial charge in [-0.2, -0.15) is 0 Å². The zero-order valence-electron chi connectivity index (χ0n) is 22.4. The lowest BCUT2D eigenvalue weighted by Gasteiger charge is -2.36. The van der Waals surface area contributed by atoms with Gasteiger partial charge in [0.15, 0.2) is 0 Å². The highest BCUT2D eigenvalue weighted by Gasteiger charge is 2.31. The van der Waals surface area contributed by atoms with Crippen LogP contribution in [0.5, 0.6) is 0 Å². The van der Waals surface area contributed by atoms with Crippen LogP contribution in [0.15, 0.2) is 35.3 Å². The standard InChI is InChI=1S/C28H37F3N4O3/c1-17(20-6-5-7-21(25(20)29)26(30)31)32-27(37)22-16-35(19-10-13-38-28(2,3)15-19)24(36)14-23(22)33-18-8-11-34(4)12-9-18/h5-7,14,16-19,26,33H,8-13,15H2,1-4H3,(H,32,37)/t17?,19-/m1/s1. The maximum Gasteiger partial charge on any atom is 0.266 e. The van der Waals surface area contributed by atoms with Gasteiger partial charge in [-0.25, -0.2) is 13.2 Å². The predicted octanol–water partition coefficient (Wildman–Crippen LogP) is 5.05. The molecule has 4 rings (SSSR count). The maximum absolute atomic E-state index is 14.8. The summed E-state index contributed by atoms with van der Waals surface area (Å²) in [4.78, 5) is 29.0. The average Bonchev–Trinajstić information content (AvgIpc) is 2.84. The lowest BCUT2D eigenvalue weighted by molar-refractivity contribution is -0.0695. The number of alkyl halides is 2. The van der Waals surface area contributed by atoms with Gasteiger partial charge in [-0.15, -0.1) is 0 Å². The largest absolute Gasteiger partial charge is 0.381 e. The van der Waals surface area contributed by atoms with Crippen LogP contribution in [-0.2, 0) is 4.74 Å². The van der Waals surface area contributed by atoms with Gasteiger partial charge in [0.25, 0.3) is 17.9 Å². The van der Waals surface area contributed by atoms with Crippen molar-refractivity contribution >= 4 is 11.6 Å². The van der Waals surface area contributed by atoms with Crippen molar-refractivity contribution in [3.8, 4) is 0 Å². The summed E-state index contributed by atoms with van der Waals surface area (Å²) in [6.07, 6.45) is 1.56. The summed E-state index contributed by atoms with van der Waals surface area (Å²) in [6, 6.07) is 4.29. The second kappa shape index (κ2) is 11.5. The molecule has 0 spiro atoms. The Hall–Kier alpha value is -2.85. The van der Waals surface area contributed by atoms with Crippen LogP contribution in [0.1, 0.15) is 86.4 Å².